The minimum absolute atomic E-state index is 0.0532. The Hall–Kier alpha value is -3.33. The number of rotatable bonds is 13. The molecule has 7 heteroatoms. The van der Waals surface area contributed by atoms with Crippen molar-refractivity contribution in [1.82, 2.24) is 0 Å². The second-order valence-corrected chi connectivity index (χ2v) is 8.49. The van der Waals surface area contributed by atoms with E-state index in [2.05, 4.69) is 6.58 Å². The van der Waals surface area contributed by atoms with Gasteiger partial charge in [-0.25, -0.2) is 0 Å². The Morgan fingerprint density at radius 2 is 1.16 bits per heavy atom. The van der Waals surface area contributed by atoms with Crippen LogP contribution in [0.2, 0.25) is 0 Å². The zero-order valence-corrected chi connectivity index (χ0v) is 21.1. The highest BCUT2D eigenvalue weighted by Gasteiger charge is 2.50. The molecule has 1 fully saturated rings. The number of esters is 1. The van der Waals surface area contributed by atoms with Crippen molar-refractivity contribution in [3.05, 3.63) is 120 Å². The van der Waals surface area contributed by atoms with Gasteiger partial charge in [0.1, 0.15) is 18.3 Å². The van der Waals surface area contributed by atoms with Gasteiger partial charge in [-0.3, -0.25) is 4.79 Å². The molecule has 38 heavy (non-hydrogen) atoms. The summed E-state index contributed by atoms with van der Waals surface area (Å²) in [6.07, 6.45) is -4.57. The minimum Gasteiger partial charge on any atom is -0.433 e. The van der Waals surface area contributed by atoms with Crippen LogP contribution in [0.25, 0.3) is 0 Å². The molecule has 0 spiro atoms. The van der Waals surface area contributed by atoms with Crippen LogP contribution in [0, 0.1) is 0 Å². The van der Waals surface area contributed by atoms with E-state index in [-0.39, 0.29) is 6.61 Å². The first-order valence-corrected chi connectivity index (χ1v) is 12.3. The van der Waals surface area contributed by atoms with Gasteiger partial charge in [-0.05, 0) is 16.7 Å². The number of ether oxygens (including phenoxy) is 6. The lowest BCUT2D eigenvalue weighted by atomic mass is 10.0. The van der Waals surface area contributed by atoms with Crippen LogP contribution in [-0.2, 0) is 53.0 Å². The Kier molecular flexibility index (Phi) is 9.11. The Labute approximate surface area is 228 Å². The lowest BCUT2D eigenvalue weighted by molar-refractivity contribution is -0.360. The van der Waals surface area contributed by atoms with Gasteiger partial charge in [0.15, 0.2) is 6.29 Å². The van der Waals surface area contributed by atoms with Gasteiger partial charge in [0.2, 0.25) is 6.29 Å². The lowest BCUT2D eigenvalue weighted by Crippen LogP contribution is -2.61. The molecule has 3 aromatic carbocycles. The van der Waals surface area contributed by atoms with Crippen LogP contribution in [0.15, 0.2) is 104 Å². The summed E-state index contributed by atoms with van der Waals surface area (Å²) in [5.74, 6) is -0.654. The van der Waals surface area contributed by atoms with Crippen molar-refractivity contribution in [3.8, 4) is 0 Å². The van der Waals surface area contributed by atoms with E-state index in [1.165, 1.54) is 13.0 Å². The van der Waals surface area contributed by atoms with E-state index >= 15 is 0 Å². The van der Waals surface area contributed by atoms with Crippen molar-refractivity contribution in [1.29, 1.82) is 0 Å². The Morgan fingerprint density at radius 3 is 1.58 bits per heavy atom. The molecule has 200 valence electrons. The Bertz CT molecular complexity index is 1220. The molecule has 7 nitrogen and oxygen atoms in total. The van der Waals surface area contributed by atoms with E-state index in [4.69, 9.17) is 32.5 Å². The molecule has 0 aromatic heterocycles. The molecule has 0 radical (unpaired) electrons. The molecule has 4 rings (SSSR count). The second-order valence-electron chi connectivity index (χ2n) is 8.49. The van der Waals surface area contributed by atoms with E-state index in [0.29, 0.717) is 16.7 Å². The highest BCUT2D eigenvalue weighted by molar-refractivity contribution is 5.66. The zero-order chi connectivity index (χ0) is 29.2. The first-order valence-electron chi connectivity index (χ1n) is 14.0. The zero-order valence-electron chi connectivity index (χ0n) is 24.1. The molecule has 1 heterocycles. The average molecular weight is 522 g/mol. The molecule has 1 saturated heterocycles. The Balaban J connectivity index is 1.74. The summed E-state index contributed by atoms with van der Waals surface area (Å²) in [4.78, 5) is 12.1. The van der Waals surface area contributed by atoms with Gasteiger partial charge in [-0.1, -0.05) is 97.1 Å². The third-order valence-corrected chi connectivity index (χ3v) is 5.60. The van der Waals surface area contributed by atoms with Gasteiger partial charge in [0.05, 0.1) is 30.5 Å². The van der Waals surface area contributed by atoms with Crippen molar-refractivity contribution in [2.45, 2.75) is 57.6 Å². The normalized spacial score (nSPS) is 26.7. The van der Waals surface area contributed by atoms with E-state index in [0.717, 1.165) is 0 Å². The Morgan fingerprint density at radius 1 is 0.737 bits per heavy atom. The largest absolute Gasteiger partial charge is 0.433 e. The molecule has 8 atom stereocenters. The molecule has 0 aliphatic carbocycles. The van der Waals surface area contributed by atoms with Gasteiger partial charge >= 0.3 is 5.97 Å². The number of hydrogen-bond acceptors (Lipinski definition) is 7. The van der Waals surface area contributed by atoms with Gasteiger partial charge in [0.25, 0.3) is 0 Å². The summed E-state index contributed by atoms with van der Waals surface area (Å²) >= 11 is 0. The summed E-state index contributed by atoms with van der Waals surface area (Å²) in [5.41, 5.74) is 1.67. The fourth-order valence-electron chi connectivity index (χ4n) is 3.84. The van der Waals surface area contributed by atoms with E-state index in [1.807, 2.05) is 18.2 Å². The van der Waals surface area contributed by atoms with Crippen LogP contribution in [0.5, 0.6) is 0 Å². The maximum Gasteiger partial charge on any atom is 0.305 e. The summed E-state index contributed by atoms with van der Waals surface area (Å²) in [6.45, 7) is 1.35. The predicted molar refractivity (Wildman–Crippen MR) is 142 cm³/mol. The SMILES string of the molecule is [2H]C(O[C@@H]1[C@@H](OC(C)=O)OC(OCC=C)[C@H](OC([2H])c2ccccc2)[C@H]1OC([2H])c1ccccc1)c1ccccc1. The number of carbonyl (C=O) groups excluding carboxylic acids is 1. The van der Waals surface area contributed by atoms with Crippen LogP contribution in [0.1, 0.15) is 27.7 Å². The third-order valence-electron chi connectivity index (χ3n) is 5.60. The number of carbonyl (C=O) groups is 1. The first kappa shape index (κ1) is 23.8. The molecule has 3 aromatic rings. The molecule has 0 amide bonds. The molecule has 0 bridgehead atoms. The van der Waals surface area contributed by atoms with Crippen molar-refractivity contribution in [3.63, 3.8) is 0 Å². The van der Waals surface area contributed by atoms with Gasteiger partial charge in [-0.15, -0.1) is 6.58 Å². The maximum atomic E-state index is 12.1. The monoisotopic (exact) mass is 521 g/mol. The molecule has 4 unspecified atom stereocenters. The minimum atomic E-state index is -1.37. The summed E-state index contributed by atoms with van der Waals surface area (Å²) in [5, 5.41) is 0. The van der Waals surface area contributed by atoms with Crippen molar-refractivity contribution in [2.75, 3.05) is 6.61 Å². The summed E-state index contributed by atoms with van der Waals surface area (Å²) in [7, 11) is 0. The quantitative estimate of drug-likeness (QED) is 0.226. The van der Waals surface area contributed by atoms with Gasteiger partial charge < -0.3 is 28.4 Å². The van der Waals surface area contributed by atoms with Gasteiger partial charge in [0, 0.05) is 6.92 Å². The molecular formula is C31H34O7. The number of hydrogen-bond donors (Lipinski definition) is 0. The highest BCUT2D eigenvalue weighted by atomic mass is 16.8. The van der Waals surface area contributed by atoms with Crippen LogP contribution < -0.4 is 0 Å². The standard InChI is InChI=1S/C31H34O7/c1-3-19-33-30-28(35-21-25-15-9-5-10-16-25)27(34-20-24-13-7-4-8-14-24)29(31(38-30)37-23(2)32)36-22-26-17-11-6-12-18-26/h3-18,27-31H,1,19-22H2,2H3/t27-,28-,29+,30?,31+/m1/s1/i20D,21D,22D/t20?,21?,22?,27-,28-,29+,30?,31+. The first-order chi connectivity index (χ1) is 19.9. The van der Waals surface area contributed by atoms with Gasteiger partial charge in [-0.2, -0.15) is 0 Å². The van der Waals surface area contributed by atoms with Crippen molar-refractivity contribution < 1.29 is 37.3 Å². The van der Waals surface area contributed by atoms with Crippen molar-refractivity contribution in [2.24, 2.45) is 0 Å². The van der Waals surface area contributed by atoms with Crippen LogP contribution in [0.4, 0.5) is 0 Å². The molecular weight excluding hydrogens is 484 g/mol. The van der Waals surface area contributed by atoms with Crippen molar-refractivity contribution >= 4 is 5.97 Å². The molecule has 0 N–H and O–H groups in total. The molecule has 0 saturated carbocycles. The fourth-order valence-corrected chi connectivity index (χ4v) is 3.84. The van der Waals surface area contributed by atoms with E-state index in [1.54, 1.807) is 72.8 Å². The van der Waals surface area contributed by atoms with E-state index in [9.17, 15) is 4.79 Å². The maximum absolute atomic E-state index is 12.1. The summed E-state index contributed by atoms with van der Waals surface area (Å²) in [6, 6.07) is 26.6. The van der Waals surface area contributed by atoms with Crippen LogP contribution >= 0.6 is 0 Å². The average Bonchev–Trinajstić information content (AvgIpc) is 2.99. The molecule has 1 aliphatic rings. The summed E-state index contributed by atoms with van der Waals surface area (Å²) < 4.78 is 62.3. The molecule has 1 aliphatic heterocycles. The van der Waals surface area contributed by atoms with Crippen LogP contribution in [0.3, 0.4) is 0 Å². The van der Waals surface area contributed by atoms with E-state index < -0.39 is 56.6 Å². The predicted octanol–water partition coefficient (Wildman–Crippen LogP) is 5.19. The fraction of sp³-hybridized carbons (Fsp3) is 0.323. The second kappa shape index (κ2) is 14.6. The highest BCUT2D eigenvalue weighted by Crippen LogP contribution is 2.31. The topological polar surface area (TPSA) is 72.5 Å². The smallest absolute Gasteiger partial charge is 0.305 e. The van der Waals surface area contributed by atoms with Crippen LogP contribution in [-0.4, -0.2) is 43.5 Å². The lowest BCUT2D eigenvalue weighted by Gasteiger charge is -2.45. The third kappa shape index (κ3) is 8.08. The number of benzene rings is 3.